The van der Waals surface area contributed by atoms with Gasteiger partial charge >= 0.3 is 0 Å². The summed E-state index contributed by atoms with van der Waals surface area (Å²) >= 11 is 0. The highest BCUT2D eigenvalue weighted by molar-refractivity contribution is 5.87. The minimum Gasteiger partial charge on any atom is -0.501 e. The smallest absolute Gasteiger partial charge is 0.249 e. The van der Waals surface area contributed by atoms with Gasteiger partial charge in [-0.3, -0.25) is 4.79 Å². The molecule has 0 saturated carbocycles. The molecular weight excluding hydrogens is 168 g/mol. The van der Waals surface area contributed by atoms with E-state index in [-0.39, 0.29) is 5.91 Å². The van der Waals surface area contributed by atoms with Crippen molar-refractivity contribution in [2.24, 2.45) is 0 Å². The van der Waals surface area contributed by atoms with Crippen LogP contribution in [0.2, 0.25) is 0 Å². The van der Waals surface area contributed by atoms with Crippen LogP contribution in [-0.2, 0) is 9.53 Å². The highest BCUT2D eigenvalue weighted by atomic mass is 16.5. The number of ether oxygens (including phenoxy) is 1. The van der Waals surface area contributed by atoms with Gasteiger partial charge in [0.15, 0.2) is 0 Å². The van der Waals surface area contributed by atoms with Crippen molar-refractivity contribution in [1.29, 1.82) is 5.26 Å². The fraction of sp³-hybridized carbons (Fsp3) is 0.556. The average molecular weight is 182 g/mol. The molecule has 0 radical (unpaired) electrons. The lowest BCUT2D eigenvalue weighted by Crippen LogP contribution is -2.25. The molecule has 72 valence electrons. The summed E-state index contributed by atoms with van der Waals surface area (Å²) in [6.07, 6.45) is 3.07. The Labute approximate surface area is 78.4 Å². The molecule has 4 nitrogen and oxygen atoms in total. The van der Waals surface area contributed by atoms with Gasteiger partial charge in [-0.15, -0.1) is 0 Å². The summed E-state index contributed by atoms with van der Waals surface area (Å²) in [6, 6.07) is 1.97. The van der Waals surface area contributed by atoms with Gasteiger partial charge in [0.25, 0.3) is 0 Å². The van der Waals surface area contributed by atoms with Crippen LogP contribution in [0.15, 0.2) is 12.3 Å². The standard InChI is InChI=1S/C9H14N2O2/c1-3-13-8-5-9(12)11(2)7-4-6-10/h5,8H,3-4,7H2,1-2H3. The molecule has 0 aliphatic carbocycles. The maximum atomic E-state index is 11.2. The Bertz CT molecular complexity index is 218. The molecule has 0 unspecified atom stereocenters. The van der Waals surface area contributed by atoms with Gasteiger partial charge in [0.2, 0.25) is 5.91 Å². The maximum absolute atomic E-state index is 11.2. The van der Waals surface area contributed by atoms with Gasteiger partial charge in [0, 0.05) is 19.7 Å². The molecule has 0 aromatic rings. The highest BCUT2D eigenvalue weighted by Crippen LogP contribution is 1.89. The lowest BCUT2D eigenvalue weighted by molar-refractivity contribution is -0.124. The Morgan fingerprint density at radius 1 is 1.69 bits per heavy atom. The van der Waals surface area contributed by atoms with Crippen LogP contribution in [0.4, 0.5) is 0 Å². The van der Waals surface area contributed by atoms with Crippen LogP contribution in [-0.4, -0.2) is 31.0 Å². The minimum atomic E-state index is -0.149. The number of likely N-dealkylation sites (N-methyl/N-ethyl adjacent to an activating group) is 1. The summed E-state index contributed by atoms with van der Waals surface area (Å²) in [5.41, 5.74) is 0. The van der Waals surface area contributed by atoms with E-state index in [0.29, 0.717) is 19.6 Å². The third kappa shape index (κ3) is 5.74. The highest BCUT2D eigenvalue weighted by Gasteiger charge is 2.02. The van der Waals surface area contributed by atoms with Crippen LogP contribution in [0.25, 0.3) is 0 Å². The van der Waals surface area contributed by atoms with E-state index in [4.69, 9.17) is 10.00 Å². The van der Waals surface area contributed by atoms with Gasteiger partial charge in [0.1, 0.15) is 0 Å². The zero-order valence-corrected chi connectivity index (χ0v) is 7.99. The number of carbonyl (C=O) groups excluding carboxylic acids is 1. The zero-order valence-electron chi connectivity index (χ0n) is 7.99. The van der Waals surface area contributed by atoms with Crippen LogP contribution in [0, 0.1) is 11.3 Å². The van der Waals surface area contributed by atoms with Crippen molar-refractivity contribution >= 4 is 5.91 Å². The molecular formula is C9H14N2O2. The van der Waals surface area contributed by atoms with Crippen LogP contribution >= 0.6 is 0 Å². The molecule has 0 fully saturated rings. The number of hydrogen-bond donors (Lipinski definition) is 0. The van der Waals surface area contributed by atoms with Gasteiger partial charge in [-0.05, 0) is 6.92 Å². The second kappa shape index (κ2) is 7.17. The average Bonchev–Trinajstić information content (AvgIpc) is 2.14. The zero-order chi connectivity index (χ0) is 10.1. The molecule has 0 saturated heterocycles. The molecule has 0 spiro atoms. The Balaban J connectivity index is 3.76. The van der Waals surface area contributed by atoms with Crippen molar-refractivity contribution in [2.45, 2.75) is 13.3 Å². The molecule has 0 aromatic heterocycles. The van der Waals surface area contributed by atoms with Gasteiger partial charge in [0.05, 0.1) is 25.4 Å². The van der Waals surface area contributed by atoms with Crippen LogP contribution in [0.5, 0.6) is 0 Å². The third-order valence-corrected chi connectivity index (χ3v) is 1.41. The predicted molar refractivity (Wildman–Crippen MR) is 48.6 cm³/mol. The monoisotopic (exact) mass is 182 g/mol. The molecule has 0 atom stereocenters. The molecule has 4 heteroatoms. The molecule has 0 bridgehead atoms. The van der Waals surface area contributed by atoms with E-state index in [1.807, 2.05) is 13.0 Å². The van der Waals surface area contributed by atoms with Crippen molar-refractivity contribution in [1.82, 2.24) is 4.90 Å². The fourth-order valence-electron chi connectivity index (χ4n) is 0.658. The largest absolute Gasteiger partial charge is 0.501 e. The first-order valence-electron chi connectivity index (χ1n) is 4.12. The van der Waals surface area contributed by atoms with Crippen molar-refractivity contribution in [3.8, 4) is 6.07 Å². The Hall–Kier alpha value is -1.50. The molecule has 0 aliphatic heterocycles. The molecule has 0 aromatic carbocycles. The molecule has 0 N–H and O–H groups in total. The van der Waals surface area contributed by atoms with Gasteiger partial charge in [-0.1, -0.05) is 0 Å². The Morgan fingerprint density at radius 3 is 2.92 bits per heavy atom. The fourth-order valence-corrected chi connectivity index (χ4v) is 0.658. The summed E-state index contributed by atoms with van der Waals surface area (Å²) in [7, 11) is 1.65. The SMILES string of the molecule is CCOC=CC(=O)N(C)CCC#N. The second-order valence-corrected chi connectivity index (χ2v) is 2.43. The van der Waals surface area contributed by atoms with Gasteiger partial charge in [-0.25, -0.2) is 0 Å². The number of carbonyl (C=O) groups is 1. The first-order valence-corrected chi connectivity index (χ1v) is 4.12. The van der Waals surface area contributed by atoms with Crippen molar-refractivity contribution in [3.63, 3.8) is 0 Å². The summed E-state index contributed by atoms with van der Waals surface area (Å²) in [5, 5.41) is 8.28. The predicted octanol–water partition coefficient (Wildman–Crippen LogP) is 0.909. The number of rotatable bonds is 5. The molecule has 0 heterocycles. The van der Waals surface area contributed by atoms with Crippen molar-refractivity contribution in [3.05, 3.63) is 12.3 Å². The molecule has 13 heavy (non-hydrogen) atoms. The number of nitriles is 1. The topological polar surface area (TPSA) is 53.3 Å². The lowest BCUT2D eigenvalue weighted by Gasteiger charge is -2.11. The Morgan fingerprint density at radius 2 is 2.38 bits per heavy atom. The second-order valence-electron chi connectivity index (χ2n) is 2.43. The van der Waals surface area contributed by atoms with E-state index in [1.54, 1.807) is 7.05 Å². The molecule has 1 amide bonds. The van der Waals surface area contributed by atoms with Crippen LogP contribution < -0.4 is 0 Å². The van der Waals surface area contributed by atoms with E-state index in [0.717, 1.165) is 0 Å². The summed E-state index contributed by atoms with van der Waals surface area (Å²) < 4.78 is 4.87. The molecule has 0 rings (SSSR count). The van der Waals surface area contributed by atoms with Gasteiger partial charge in [-0.2, -0.15) is 5.26 Å². The third-order valence-electron chi connectivity index (χ3n) is 1.41. The molecule has 0 aliphatic rings. The quantitative estimate of drug-likeness (QED) is 0.469. The van der Waals surface area contributed by atoms with E-state index < -0.39 is 0 Å². The minimum absolute atomic E-state index is 0.149. The van der Waals surface area contributed by atoms with Crippen molar-refractivity contribution in [2.75, 3.05) is 20.2 Å². The van der Waals surface area contributed by atoms with E-state index in [9.17, 15) is 4.79 Å². The van der Waals surface area contributed by atoms with E-state index >= 15 is 0 Å². The van der Waals surface area contributed by atoms with Crippen LogP contribution in [0.3, 0.4) is 0 Å². The Kier molecular flexibility index (Phi) is 6.34. The first kappa shape index (κ1) is 11.5. The first-order chi connectivity index (χ1) is 6.22. The number of hydrogen-bond acceptors (Lipinski definition) is 3. The number of amides is 1. The van der Waals surface area contributed by atoms with Crippen molar-refractivity contribution < 1.29 is 9.53 Å². The van der Waals surface area contributed by atoms with E-state index in [1.165, 1.54) is 17.2 Å². The summed E-state index contributed by atoms with van der Waals surface area (Å²) in [4.78, 5) is 12.6. The van der Waals surface area contributed by atoms with E-state index in [2.05, 4.69) is 0 Å². The number of nitrogens with zero attached hydrogens (tertiary/aromatic N) is 2. The van der Waals surface area contributed by atoms with Gasteiger partial charge < -0.3 is 9.64 Å². The normalized spacial score (nSPS) is 9.62. The maximum Gasteiger partial charge on any atom is 0.249 e. The lowest BCUT2D eigenvalue weighted by atomic mass is 10.4. The van der Waals surface area contributed by atoms with Crippen LogP contribution in [0.1, 0.15) is 13.3 Å². The summed E-state index contributed by atoms with van der Waals surface area (Å²) in [6.45, 7) is 2.84. The summed E-state index contributed by atoms with van der Waals surface area (Å²) in [5.74, 6) is -0.149.